The summed E-state index contributed by atoms with van der Waals surface area (Å²) >= 11 is 0. The van der Waals surface area contributed by atoms with E-state index in [0.717, 1.165) is 46.3 Å². The average Bonchev–Trinajstić information content (AvgIpc) is 3.59. The predicted molar refractivity (Wildman–Crippen MR) is 144 cm³/mol. The summed E-state index contributed by atoms with van der Waals surface area (Å²) in [5.74, 6) is 0.285. The Hall–Kier alpha value is -4.32. The molecule has 4 aromatic rings. The van der Waals surface area contributed by atoms with Gasteiger partial charge < -0.3 is 19.7 Å². The Labute approximate surface area is 216 Å². The van der Waals surface area contributed by atoms with Gasteiger partial charge in [0.2, 0.25) is 0 Å². The number of rotatable bonds is 10. The van der Waals surface area contributed by atoms with Crippen molar-refractivity contribution in [2.45, 2.75) is 44.6 Å². The molecule has 6 heteroatoms. The number of carbonyl (C=O) groups is 1. The zero-order chi connectivity index (χ0) is 26.0. The lowest BCUT2D eigenvalue weighted by Gasteiger charge is -2.18. The lowest BCUT2D eigenvalue weighted by molar-refractivity contribution is -0.137. The SMILES string of the molecule is C=C(Nc1c(C)noc1-c1ccc(-c2ccc(C3(CC(=O)O)CC3)cc2)cc1)O[C@H](C)c1ccccc1. The molecule has 188 valence electrons. The molecule has 5 rings (SSSR count). The van der Waals surface area contributed by atoms with Crippen molar-refractivity contribution in [1.82, 2.24) is 5.16 Å². The molecule has 0 unspecified atom stereocenters. The molecule has 37 heavy (non-hydrogen) atoms. The largest absolute Gasteiger partial charge is 0.481 e. The van der Waals surface area contributed by atoms with Crippen molar-refractivity contribution in [2.75, 3.05) is 5.32 Å². The van der Waals surface area contributed by atoms with Crippen molar-refractivity contribution in [1.29, 1.82) is 0 Å². The second-order valence-electron chi connectivity index (χ2n) is 9.70. The second-order valence-corrected chi connectivity index (χ2v) is 9.70. The van der Waals surface area contributed by atoms with Crippen LogP contribution in [0.3, 0.4) is 0 Å². The minimum absolute atomic E-state index is 0.158. The maximum atomic E-state index is 11.2. The normalized spacial score (nSPS) is 14.5. The highest BCUT2D eigenvalue weighted by Crippen LogP contribution is 2.51. The van der Waals surface area contributed by atoms with Crippen LogP contribution in [0.5, 0.6) is 0 Å². The van der Waals surface area contributed by atoms with E-state index in [0.29, 0.717) is 17.3 Å². The number of nitrogens with one attached hydrogen (secondary N) is 1. The molecule has 1 fully saturated rings. The number of anilines is 1. The van der Waals surface area contributed by atoms with Gasteiger partial charge in [-0.25, -0.2) is 0 Å². The Kier molecular flexibility index (Phi) is 6.57. The molecule has 1 aliphatic rings. The van der Waals surface area contributed by atoms with E-state index in [4.69, 9.17) is 9.26 Å². The molecule has 6 nitrogen and oxygen atoms in total. The zero-order valence-electron chi connectivity index (χ0n) is 21.0. The highest BCUT2D eigenvalue weighted by molar-refractivity contribution is 5.77. The van der Waals surface area contributed by atoms with Crippen LogP contribution in [-0.4, -0.2) is 16.2 Å². The van der Waals surface area contributed by atoms with Crippen molar-refractivity contribution in [3.05, 3.63) is 108 Å². The highest BCUT2D eigenvalue weighted by Gasteiger charge is 2.45. The molecule has 0 spiro atoms. The molecular weight excluding hydrogens is 464 g/mol. The quantitative estimate of drug-likeness (QED) is 0.222. The molecule has 1 saturated carbocycles. The van der Waals surface area contributed by atoms with Crippen LogP contribution in [0.15, 0.2) is 95.8 Å². The lowest BCUT2D eigenvalue weighted by atomic mass is 9.91. The third kappa shape index (κ3) is 5.28. The Bertz CT molecular complexity index is 1400. The summed E-state index contributed by atoms with van der Waals surface area (Å²) in [6, 6.07) is 26.3. The predicted octanol–water partition coefficient (Wildman–Crippen LogP) is 7.48. The molecule has 2 N–H and O–H groups in total. The summed E-state index contributed by atoms with van der Waals surface area (Å²) in [6.07, 6.45) is 1.90. The molecule has 0 radical (unpaired) electrons. The Morgan fingerprint density at radius 2 is 1.62 bits per heavy atom. The van der Waals surface area contributed by atoms with Gasteiger partial charge in [0.25, 0.3) is 0 Å². The monoisotopic (exact) mass is 494 g/mol. The van der Waals surface area contributed by atoms with E-state index in [-0.39, 0.29) is 17.9 Å². The highest BCUT2D eigenvalue weighted by atomic mass is 16.5. The third-order valence-corrected chi connectivity index (χ3v) is 7.04. The van der Waals surface area contributed by atoms with Crippen LogP contribution in [-0.2, 0) is 14.9 Å². The number of hydrogen-bond acceptors (Lipinski definition) is 5. The van der Waals surface area contributed by atoms with Gasteiger partial charge in [-0.15, -0.1) is 0 Å². The maximum absolute atomic E-state index is 11.2. The zero-order valence-corrected chi connectivity index (χ0v) is 21.0. The number of carboxylic acid groups (broad SMARTS) is 1. The molecule has 0 saturated heterocycles. The fourth-order valence-electron chi connectivity index (χ4n) is 4.73. The number of hydrogen-bond donors (Lipinski definition) is 2. The minimum atomic E-state index is -0.741. The number of nitrogens with zero attached hydrogens (tertiary/aromatic N) is 1. The van der Waals surface area contributed by atoms with Gasteiger partial charge in [-0.1, -0.05) is 84.0 Å². The number of benzene rings is 3. The molecule has 1 aliphatic carbocycles. The first kappa shape index (κ1) is 24.4. The number of carboxylic acids is 1. The van der Waals surface area contributed by atoms with Gasteiger partial charge in [-0.05, 0) is 55.5 Å². The number of aromatic nitrogens is 1. The van der Waals surface area contributed by atoms with Crippen LogP contribution < -0.4 is 5.32 Å². The fraction of sp³-hybridized carbons (Fsp3) is 0.226. The topological polar surface area (TPSA) is 84.6 Å². The van der Waals surface area contributed by atoms with Crippen molar-refractivity contribution >= 4 is 11.7 Å². The first-order chi connectivity index (χ1) is 17.8. The van der Waals surface area contributed by atoms with Crippen LogP contribution in [0.25, 0.3) is 22.5 Å². The van der Waals surface area contributed by atoms with Gasteiger partial charge >= 0.3 is 5.97 Å². The van der Waals surface area contributed by atoms with E-state index in [2.05, 4.69) is 41.3 Å². The van der Waals surface area contributed by atoms with Crippen LogP contribution >= 0.6 is 0 Å². The Balaban J connectivity index is 1.29. The van der Waals surface area contributed by atoms with Crippen LogP contribution in [0, 0.1) is 6.92 Å². The molecule has 1 heterocycles. The minimum Gasteiger partial charge on any atom is -0.481 e. The number of ether oxygens (including phenoxy) is 1. The van der Waals surface area contributed by atoms with Gasteiger partial charge in [-0.3, -0.25) is 4.79 Å². The van der Waals surface area contributed by atoms with Gasteiger partial charge in [0, 0.05) is 11.0 Å². The van der Waals surface area contributed by atoms with Crippen LogP contribution in [0.2, 0.25) is 0 Å². The van der Waals surface area contributed by atoms with Gasteiger partial charge in [0.15, 0.2) is 11.6 Å². The van der Waals surface area contributed by atoms with E-state index >= 15 is 0 Å². The van der Waals surface area contributed by atoms with Crippen LogP contribution in [0.4, 0.5) is 5.69 Å². The lowest BCUT2D eigenvalue weighted by Crippen LogP contribution is -2.12. The van der Waals surface area contributed by atoms with E-state index < -0.39 is 5.97 Å². The van der Waals surface area contributed by atoms with Gasteiger partial charge in [0.1, 0.15) is 17.5 Å². The Morgan fingerprint density at radius 1 is 1.03 bits per heavy atom. The molecule has 3 aromatic carbocycles. The molecule has 0 amide bonds. The number of aliphatic carboxylic acids is 1. The fourth-order valence-corrected chi connectivity index (χ4v) is 4.73. The number of aryl methyl sites for hydroxylation is 1. The Morgan fingerprint density at radius 3 is 2.22 bits per heavy atom. The molecule has 0 bridgehead atoms. The van der Waals surface area contributed by atoms with Gasteiger partial charge in [-0.2, -0.15) is 0 Å². The third-order valence-electron chi connectivity index (χ3n) is 7.04. The van der Waals surface area contributed by atoms with E-state index in [1.807, 2.05) is 68.4 Å². The molecular formula is C31H30N2O4. The first-order valence-electron chi connectivity index (χ1n) is 12.4. The van der Waals surface area contributed by atoms with Crippen molar-refractivity contribution < 1.29 is 19.2 Å². The van der Waals surface area contributed by atoms with Crippen molar-refractivity contribution in [2.24, 2.45) is 0 Å². The smallest absolute Gasteiger partial charge is 0.304 e. The average molecular weight is 495 g/mol. The summed E-state index contributed by atoms with van der Waals surface area (Å²) in [7, 11) is 0. The van der Waals surface area contributed by atoms with Crippen molar-refractivity contribution in [3.8, 4) is 22.5 Å². The summed E-state index contributed by atoms with van der Waals surface area (Å²) in [4.78, 5) is 11.2. The first-order valence-corrected chi connectivity index (χ1v) is 12.4. The van der Waals surface area contributed by atoms with Crippen molar-refractivity contribution in [3.63, 3.8) is 0 Å². The second kappa shape index (κ2) is 9.97. The molecule has 1 aromatic heterocycles. The summed E-state index contributed by atoms with van der Waals surface area (Å²) < 4.78 is 11.6. The van der Waals surface area contributed by atoms with Crippen LogP contribution in [0.1, 0.15) is 49.1 Å². The van der Waals surface area contributed by atoms with E-state index in [1.165, 1.54) is 0 Å². The standard InChI is InChI=1S/C31H30N2O4/c1-20-29(32-22(3)36-21(2)23-7-5-4-6-8-23)30(37-33-20)26-11-9-24(10-12-26)25-13-15-27(16-14-25)31(17-18-31)19-28(34)35/h4-16,21,32H,3,17-19H2,1-2H3,(H,34,35)/t21-/m1/s1. The molecule has 1 atom stereocenters. The summed E-state index contributed by atoms with van der Waals surface area (Å²) in [5, 5.41) is 16.6. The van der Waals surface area contributed by atoms with E-state index in [1.54, 1.807) is 0 Å². The summed E-state index contributed by atoms with van der Waals surface area (Å²) in [6.45, 7) is 7.88. The molecule has 0 aliphatic heterocycles. The maximum Gasteiger partial charge on any atom is 0.304 e. The summed E-state index contributed by atoms with van der Waals surface area (Å²) in [5.41, 5.74) is 6.42. The van der Waals surface area contributed by atoms with Gasteiger partial charge in [0.05, 0.1) is 6.42 Å². The van der Waals surface area contributed by atoms with E-state index in [9.17, 15) is 9.90 Å².